The second-order valence-electron chi connectivity index (χ2n) is 4.83. The van der Waals surface area contributed by atoms with E-state index in [9.17, 15) is 4.79 Å². The van der Waals surface area contributed by atoms with Crippen LogP contribution in [-0.4, -0.2) is 54.9 Å². The fraction of sp³-hybridized carbons (Fsp3) is 0.818. The molecule has 5 heteroatoms. The number of hydrogen-bond donors (Lipinski definition) is 1. The van der Waals surface area contributed by atoms with Crippen LogP contribution in [0.1, 0.15) is 19.3 Å². The minimum atomic E-state index is -0.498. The summed E-state index contributed by atoms with van der Waals surface area (Å²) in [7, 11) is 5.88. The van der Waals surface area contributed by atoms with Gasteiger partial charge in [0.15, 0.2) is 0 Å². The van der Waals surface area contributed by atoms with Gasteiger partial charge in [0, 0.05) is 13.6 Å². The van der Waals surface area contributed by atoms with E-state index in [1.165, 1.54) is 0 Å². The van der Waals surface area contributed by atoms with Gasteiger partial charge in [0.1, 0.15) is 0 Å². The molecule has 0 aromatic carbocycles. The fourth-order valence-corrected chi connectivity index (χ4v) is 2.07. The predicted octanol–water partition coefficient (Wildman–Crippen LogP) is 0.463. The molecule has 0 spiro atoms. The normalized spacial score (nSPS) is 17.2. The van der Waals surface area contributed by atoms with E-state index in [0.29, 0.717) is 4.99 Å². The van der Waals surface area contributed by atoms with E-state index in [0.717, 1.165) is 32.4 Å². The largest absolute Gasteiger partial charge is 0.392 e. The van der Waals surface area contributed by atoms with Gasteiger partial charge >= 0.3 is 0 Å². The Bertz CT molecular complexity index is 287. The molecule has 0 aromatic heterocycles. The van der Waals surface area contributed by atoms with Gasteiger partial charge in [0.25, 0.3) is 0 Å². The predicted molar refractivity (Wildman–Crippen MR) is 69.3 cm³/mol. The molecule has 4 nitrogen and oxygen atoms in total. The third-order valence-corrected chi connectivity index (χ3v) is 3.47. The Labute approximate surface area is 103 Å². The molecule has 0 bridgehead atoms. The highest BCUT2D eigenvalue weighted by Crippen LogP contribution is 2.47. The summed E-state index contributed by atoms with van der Waals surface area (Å²) in [5.41, 5.74) is 5.13. The van der Waals surface area contributed by atoms with Gasteiger partial charge in [-0.3, -0.25) is 4.79 Å². The van der Waals surface area contributed by atoms with Crippen molar-refractivity contribution < 1.29 is 4.79 Å². The Morgan fingerprint density at radius 3 is 2.25 bits per heavy atom. The topological polar surface area (TPSA) is 49.6 Å². The highest BCUT2D eigenvalue weighted by molar-refractivity contribution is 7.80. The first kappa shape index (κ1) is 13.4. The van der Waals surface area contributed by atoms with Gasteiger partial charge < -0.3 is 15.5 Å². The number of carbonyl (C=O) groups excluding carboxylic acids is 1. The van der Waals surface area contributed by atoms with Crippen molar-refractivity contribution in [2.45, 2.75) is 19.3 Å². The molecule has 1 rings (SSSR count). The highest BCUT2D eigenvalue weighted by atomic mass is 32.1. The molecule has 0 heterocycles. The third-order valence-electron chi connectivity index (χ3n) is 3.08. The maximum absolute atomic E-state index is 12.1. The lowest BCUT2D eigenvalue weighted by Gasteiger charge is -2.23. The summed E-state index contributed by atoms with van der Waals surface area (Å²) < 4.78 is 0. The number of amides is 1. The van der Waals surface area contributed by atoms with E-state index in [4.69, 9.17) is 18.0 Å². The zero-order chi connectivity index (χ0) is 12.3. The number of thiocarbonyl (C=S) groups is 1. The summed E-state index contributed by atoms with van der Waals surface area (Å²) in [6.07, 6.45) is 2.61. The molecule has 16 heavy (non-hydrogen) atoms. The SMILES string of the molecule is CN(C)CCCN(C)C(=O)C1(C(N)=S)CC1. The van der Waals surface area contributed by atoms with Gasteiger partial charge in [-0.2, -0.15) is 0 Å². The molecule has 1 amide bonds. The lowest BCUT2D eigenvalue weighted by Crippen LogP contribution is -2.41. The number of rotatable bonds is 6. The number of nitrogens with zero attached hydrogens (tertiary/aromatic N) is 2. The van der Waals surface area contributed by atoms with E-state index >= 15 is 0 Å². The van der Waals surface area contributed by atoms with E-state index in [1.54, 1.807) is 4.90 Å². The van der Waals surface area contributed by atoms with Gasteiger partial charge in [-0.25, -0.2) is 0 Å². The van der Waals surface area contributed by atoms with E-state index < -0.39 is 5.41 Å². The van der Waals surface area contributed by atoms with E-state index in [2.05, 4.69) is 4.90 Å². The highest BCUT2D eigenvalue weighted by Gasteiger charge is 2.53. The van der Waals surface area contributed by atoms with Gasteiger partial charge in [-0.15, -0.1) is 0 Å². The van der Waals surface area contributed by atoms with Crippen LogP contribution in [0.2, 0.25) is 0 Å². The summed E-state index contributed by atoms with van der Waals surface area (Å²) in [5.74, 6) is 0.0961. The van der Waals surface area contributed by atoms with E-state index in [1.807, 2.05) is 21.1 Å². The summed E-state index contributed by atoms with van der Waals surface area (Å²) in [5, 5.41) is 0. The smallest absolute Gasteiger partial charge is 0.235 e. The second-order valence-corrected chi connectivity index (χ2v) is 5.27. The Morgan fingerprint density at radius 2 is 1.88 bits per heavy atom. The zero-order valence-corrected chi connectivity index (χ0v) is 11.1. The number of hydrogen-bond acceptors (Lipinski definition) is 3. The van der Waals surface area contributed by atoms with Crippen LogP contribution in [0.4, 0.5) is 0 Å². The lowest BCUT2D eigenvalue weighted by molar-refractivity contribution is -0.133. The molecule has 0 unspecified atom stereocenters. The summed E-state index contributed by atoms with van der Waals surface area (Å²) >= 11 is 4.97. The molecule has 1 saturated carbocycles. The minimum absolute atomic E-state index is 0.0961. The molecule has 1 aliphatic carbocycles. The second kappa shape index (κ2) is 5.10. The summed E-state index contributed by atoms with van der Waals surface area (Å²) in [6.45, 7) is 1.75. The van der Waals surface area contributed by atoms with Crippen molar-refractivity contribution in [3.8, 4) is 0 Å². The minimum Gasteiger partial charge on any atom is -0.392 e. The first-order valence-electron chi connectivity index (χ1n) is 5.60. The molecule has 0 aliphatic heterocycles. The molecule has 0 aromatic rings. The summed E-state index contributed by atoms with van der Waals surface area (Å²) in [4.78, 5) is 16.3. The Kier molecular flexibility index (Phi) is 4.27. The van der Waals surface area contributed by atoms with Crippen LogP contribution in [-0.2, 0) is 4.79 Å². The maximum atomic E-state index is 12.1. The first-order valence-corrected chi connectivity index (χ1v) is 6.01. The van der Waals surface area contributed by atoms with Crippen molar-refractivity contribution >= 4 is 23.1 Å². The van der Waals surface area contributed by atoms with Crippen LogP contribution in [0.25, 0.3) is 0 Å². The van der Waals surface area contributed by atoms with Crippen LogP contribution in [0.5, 0.6) is 0 Å². The zero-order valence-electron chi connectivity index (χ0n) is 10.3. The lowest BCUT2D eigenvalue weighted by atomic mass is 10.1. The average molecular weight is 243 g/mol. The Hall–Kier alpha value is -0.680. The van der Waals surface area contributed by atoms with Crippen molar-refractivity contribution in [3.63, 3.8) is 0 Å². The monoisotopic (exact) mass is 243 g/mol. The number of carbonyl (C=O) groups is 1. The molecule has 92 valence electrons. The quantitative estimate of drug-likeness (QED) is 0.689. The van der Waals surface area contributed by atoms with Crippen LogP contribution in [0.15, 0.2) is 0 Å². The molecule has 1 aliphatic rings. The molecule has 0 atom stereocenters. The molecule has 0 radical (unpaired) electrons. The maximum Gasteiger partial charge on any atom is 0.235 e. The van der Waals surface area contributed by atoms with Crippen LogP contribution in [0.3, 0.4) is 0 Å². The van der Waals surface area contributed by atoms with Crippen molar-refractivity contribution in [2.24, 2.45) is 11.1 Å². The Morgan fingerprint density at radius 1 is 1.31 bits per heavy atom. The standard InChI is InChI=1S/C11H21N3OS/c1-13(2)7-4-8-14(3)10(15)11(5-6-11)9(12)16/h4-8H2,1-3H3,(H2,12,16). The van der Waals surface area contributed by atoms with Crippen LogP contribution >= 0.6 is 12.2 Å². The van der Waals surface area contributed by atoms with Crippen molar-refractivity contribution in [1.29, 1.82) is 0 Å². The molecular weight excluding hydrogens is 222 g/mol. The molecule has 0 saturated heterocycles. The first-order chi connectivity index (χ1) is 7.40. The average Bonchev–Trinajstić information content (AvgIpc) is 2.96. The van der Waals surface area contributed by atoms with Crippen molar-refractivity contribution in [2.75, 3.05) is 34.2 Å². The van der Waals surface area contributed by atoms with Gasteiger partial charge in [0.05, 0.1) is 10.4 Å². The van der Waals surface area contributed by atoms with E-state index in [-0.39, 0.29) is 5.91 Å². The van der Waals surface area contributed by atoms with Gasteiger partial charge in [-0.05, 0) is 39.9 Å². The fourth-order valence-electron chi connectivity index (χ4n) is 1.78. The number of nitrogens with two attached hydrogens (primary N) is 1. The molecule has 2 N–H and O–H groups in total. The summed E-state index contributed by atoms with van der Waals surface area (Å²) in [6, 6.07) is 0. The van der Waals surface area contributed by atoms with Gasteiger partial charge in [-0.1, -0.05) is 12.2 Å². The van der Waals surface area contributed by atoms with Crippen LogP contribution in [0, 0.1) is 5.41 Å². The van der Waals surface area contributed by atoms with Crippen LogP contribution < -0.4 is 5.73 Å². The molecule has 1 fully saturated rings. The third kappa shape index (κ3) is 2.92. The van der Waals surface area contributed by atoms with Crippen molar-refractivity contribution in [3.05, 3.63) is 0 Å². The van der Waals surface area contributed by atoms with Gasteiger partial charge in [0.2, 0.25) is 5.91 Å². The van der Waals surface area contributed by atoms with Crippen molar-refractivity contribution in [1.82, 2.24) is 9.80 Å². The molecular formula is C11H21N3OS. The Balaban J connectivity index is 2.40.